The van der Waals surface area contributed by atoms with Gasteiger partial charge in [0.25, 0.3) is 0 Å². The van der Waals surface area contributed by atoms with E-state index in [1.165, 1.54) is 11.6 Å². The SMILES string of the molecule is C=C[P+](=O)C=C. The first-order chi connectivity index (χ1) is 2.81. The van der Waals surface area contributed by atoms with E-state index in [1.807, 2.05) is 0 Å². The predicted molar refractivity (Wildman–Crippen MR) is 28.0 cm³/mol. The van der Waals surface area contributed by atoms with E-state index in [4.69, 9.17) is 0 Å². The molecule has 0 aromatic carbocycles. The first-order valence-corrected chi connectivity index (χ1v) is 2.91. The molecule has 2 heteroatoms. The largest absolute Gasteiger partial charge is 0.398 e. The normalized spacial score (nSPS) is 6.67. The summed E-state index contributed by atoms with van der Waals surface area (Å²) in [5.41, 5.74) is 0. The molecule has 6 heavy (non-hydrogen) atoms. The van der Waals surface area contributed by atoms with Gasteiger partial charge in [-0.2, -0.15) is 0 Å². The Bertz CT molecular complexity index is 75.5. The van der Waals surface area contributed by atoms with Crippen molar-refractivity contribution in [1.82, 2.24) is 0 Å². The van der Waals surface area contributed by atoms with Crippen molar-refractivity contribution in [2.45, 2.75) is 0 Å². The van der Waals surface area contributed by atoms with Gasteiger partial charge in [0, 0.05) is 0 Å². The molecule has 0 rings (SSSR count). The lowest BCUT2D eigenvalue weighted by Gasteiger charge is -1.49. The quantitative estimate of drug-likeness (QED) is 0.487. The minimum Gasteiger partial charge on any atom is -0.0627 e. The monoisotopic (exact) mass is 101 g/mol. The van der Waals surface area contributed by atoms with Crippen LogP contribution in [0.3, 0.4) is 0 Å². The molecule has 0 heterocycles. The van der Waals surface area contributed by atoms with Crippen LogP contribution < -0.4 is 0 Å². The lowest BCUT2D eigenvalue weighted by atomic mass is 11.3. The topological polar surface area (TPSA) is 17.1 Å². The Labute approximate surface area is 38.2 Å². The molecule has 0 aliphatic carbocycles. The van der Waals surface area contributed by atoms with E-state index in [1.54, 1.807) is 0 Å². The molecule has 0 bridgehead atoms. The van der Waals surface area contributed by atoms with Crippen molar-refractivity contribution in [3.05, 3.63) is 24.8 Å². The highest BCUT2D eigenvalue weighted by Crippen LogP contribution is 2.19. The van der Waals surface area contributed by atoms with E-state index in [9.17, 15) is 4.57 Å². The molecule has 0 aliphatic heterocycles. The van der Waals surface area contributed by atoms with Crippen LogP contribution in [0.4, 0.5) is 0 Å². The van der Waals surface area contributed by atoms with Gasteiger partial charge in [-0.15, -0.1) is 0 Å². The smallest absolute Gasteiger partial charge is 0.0627 e. The van der Waals surface area contributed by atoms with E-state index < -0.39 is 7.80 Å². The Kier molecular flexibility index (Phi) is 2.60. The molecular formula is C4H6OP+. The minimum absolute atomic E-state index is 1.30. The number of hydrogen-bond donors (Lipinski definition) is 0. The minimum atomic E-state index is -1.30. The highest BCUT2D eigenvalue weighted by Gasteiger charge is 1.95. The molecule has 0 amide bonds. The van der Waals surface area contributed by atoms with E-state index in [0.29, 0.717) is 0 Å². The first kappa shape index (κ1) is 5.58. The summed E-state index contributed by atoms with van der Waals surface area (Å²) in [7, 11) is -1.30. The number of rotatable bonds is 2. The zero-order chi connectivity index (χ0) is 4.99. The lowest BCUT2D eigenvalue weighted by Crippen LogP contribution is -1.32. The lowest BCUT2D eigenvalue weighted by molar-refractivity contribution is 0.597. The van der Waals surface area contributed by atoms with Gasteiger partial charge in [-0.1, -0.05) is 17.7 Å². The summed E-state index contributed by atoms with van der Waals surface area (Å²) in [6.07, 6.45) is 0. The van der Waals surface area contributed by atoms with Crippen LogP contribution >= 0.6 is 7.80 Å². The van der Waals surface area contributed by atoms with Crippen LogP contribution in [0.15, 0.2) is 24.8 Å². The maximum atomic E-state index is 10.1. The summed E-state index contributed by atoms with van der Waals surface area (Å²) < 4.78 is 10.1. The molecule has 0 unspecified atom stereocenters. The fourth-order valence-electron chi connectivity index (χ4n) is 0.0745. The van der Waals surface area contributed by atoms with Crippen molar-refractivity contribution < 1.29 is 4.57 Å². The van der Waals surface area contributed by atoms with E-state index >= 15 is 0 Å². The first-order valence-electron chi connectivity index (χ1n) is 1.52. The van der Waals surface area contributed by atoms with Crippen molar-refractivity contribution in [2.24, 2.45) is 0 Å². The van der Waals surface area contributed by atoms with Crippen molar-refractivity contribution in [2.75, 3.05) is 0 Å². The Balaban J connectivity index is 3.52. The molecule has 0 saturated carbocycles. The van der Waals surface area contributed by atoms with Crippen LogP contribution in [0.1, 0.15) is 0 Å². The van der Waals surface area contributed by atoms with Crippen LogP contribution in [0, 0.1) is 0 Å². The van der Waals surface area contributed by atoms with Crippen molar-refractivity contribution in [3.63, 3.8) is 0 Å². The summed E-state index contributed by atoms with van der Waals surface area (Å²) in [4.78, 5) is 0. The molecule has 0 aliphatic rings. The maximum Gasteiger partial charge on any atom is 0.398 e. The summed E-state index contributed by atoms with van der Waals surface area (Å²) in [6.45, 7) is 6.55. The van der Waals surface area contributed by atoms with Gasteiger partial charge in [-0.25, -0.2) is 0 Å². The molecule has 0 N–H and O–H groups in total. The Morgan fingerprint density at radius 1 is 1.33 bits per heavy atom. The van der Waals surface area contributed by atoms with Crippen molar-refractivity contribution >= 4 is 7.80 Å². The molecular weight excluding hydrogens is 95.0 g/mol. The van der Waals surface area contributed by atoms with Crippen LogP contribution in [0.2, 0.25) is 0 Å². The predicted octanol–water partition coefficient (Wildman–Crippen LogP) is 2.10. The second-order valence-corrected chi connectivity index (χ2v) is 2.18. The van der Waals surface area contributed by atoms with Crippen molar-refractivity contribution in [3.8, 4) is 0 Å². The molecule has 0 aromatic rings. The molecule has 0 radical (unpaired) electrons. The van der Waals surface area contributed by atoms with Gasteiger partial charge in [-0.05, 0) is 0 Å². The Morgan fingerprint density at radius 3 is 1.67 bits per heavy atom. The van der Waals surface area contributed by atoms with Crippen LogP contribution in [0.5, 0.6) is 0 Å². The third-order valence-electron chi connectivity index (χ3n) is 0.360. The molecule has 32 valence electrons. The third-order valence-corrected chi connectivity index (χ3v) is 1.08. The highest BCUT2D eigenvalue weighted by atomic mass is 31.1. The standard InChI is InChI=1S/C4H6OP/c1-3-6(5)4-2/h3-4H,1-2H2/q+1. The van der Waals surface area contributed by atoms with Gasteiger partial charge in [0.2, 0.25) is 0 Å². The fraction of sp³-hybridized carbons (Fsp3) is 0. The van der Waals surface area contributed by atoms with Gasteiger partial charge in [0.05, 0.1) is 0 Å². The van der Waals surface area contributed by atoms with Gasteiger partial charge in [0.15, 0.2) is 11.6 Å². The zero-order valence-electron chi connectivity index (χ0n) is 3.42. The summed E-state index contributed by atoms with van der Waals surface area (Å²) in [6, 6.07) is 0. The second-order valence-electron chi connectivity index (χ2n) is 0.725. The molecule has 0 fully saturated rings. The van der Waals surface area contributed by atoms with Gasteiger partial charge >= 0.3 is 7.80 Å². The van der Waals surface area contributed by atoms with Crippen LogP contribution in [0.25, 0.3) is 0 Å². The number of hydrogen-bond acceptors (Lipinski definition) is 1. The molecule has 0 spiro atoms. The van der Waals surface area contributed by atoms with E-state index in [2.05, 4.69) is 13.2 Å². The van der Waals surface area contributed by atoms with Crippen LogP contribution in [-0.2, 0) is 4.57 Å². The summed E-state index contributed by atoms with van der Waals surface area (Å²) >= 11 is 0. The zero-order valence-corrected chi connectivity index (χ0v) is 4.32. The molecule has 0 aromatic heterocycles. The van der Waals surface area contributed by atoms with Gasteiger partial charge in [0.1, 0.15) is 0 Å². The average molecular weight is 101 g/mol. The third kappa shape index (κ3) is 1.86. The van der Waals surface area contributed by atoms with Gasteiger partial charge in [-0.3, -0.25) is 0 Å². The van der Waals surface area contributed by atoms with E-state index in [-0.39, 0.29) is 0 Å². The van der Waals surface area contributed by atoms with Gasteiger partial charge < -0.3 is 0 Å². The summed E-state index contributed by atoms with van der Waals surface area (Å²) in [5.74, 6) is 2.73. The second kappa shape index (κ2) is 2.80. The Morgan fingerprint density at radius 2 is 1.67 bits per heavy atom. The molecule has 0 atom stereocenters. The Hall–Kier alpha value is -0.420. The highest BCUT2D eigenvalue weighted by molar-refractivity contribution is 7.51. The maximum absolute atomic E-state index is 10.1. The van der Waals surface area contributed by atoms with E-state index in [0.717, 1.165) is 0 Å². The molecule has 0 saturated heterocycles. The summed E-state index contributed by atoms with van der Waals surface area (Å²) in [5, 5.41) is 0. The average Bonchev–Trinajstić information content (AvgIpc) is 1.65. The van der Waals surface area contributed by atoms with Crippen LogP contribution in [-0.4, -0.2) is 0 Å². The fourth-order valence-corrected chi connectivity index (χ4v) is 0.224. The molecule has 1 nitrogen and oxygen atoms in total. The van der Waals surface area contributed by atoms with Crippen molar-refractivity contribution in [1.29, 1.82) is 0 Å².